The van der Waals surface area contributed by atoms with Crippen molar-refractivity contribution in [2.45, 2.75) is 27.7 Å². The Balaban J connectivity index is 1.84. The molecule has 1 fully saturated rings. The normalized spacial score (nSPS) is 16.0. The molecule has 0 radical (unpaired) electrons. The van der Waals surface area contributed by atoms with E-state index in [0.717, 1.165) is 45.1 Å². The van der Waals surface area contributed by atoms with Gasteiger partial charge in [-0.05, 0) is 24.0 Å². The third-order valence-corrected chi connectivity index (χ3v) is 4.23. The van der Waals surface area contributed by atoms with Crippen molar-refractivity contribution < 1.29 is 4.79 Å². The van der Waals surface area contributed by atoms with E-state index < -0.39 is 0 Å². The SMILES string of the molecule is CC(C)CN(CC(C)C)C(=O)CN1CCN(c2ccccn2)CC1. The first-order valence-corrected chi connectivity index (χ1v) is 9.11. The Bertz CT molecular complexity index is 485. The summed E-state index contributed by atoms with van der Waals surface area (Å²) in [6.45, 7) is 14.6. The van der Waals surface area contributed by atoms with Gasteiger partial charge in [0.25, 0.3) is 0 Å². The van der Waals surface area contributed by atoms with Crippen LogP contribution in [0, 0.1) is 11.8 Å². The molecule has 5 nitrogen and oxygen atoms in total. The second-order valence-electron chi connectivity index (χ2n) is 7.54. The van der Waals surface area contributed by atoms with Gasteiger partial charge in [-0.25, -0.2) is 4.98 Å². The van der Waals surface area contributed by atoms with Crippen molar-refractivity contribution in [3.8, 4) is 0 Å². The van der Waals surface area contributed by atoms with E-state index in [1.165, 1.54) is 0 Å². The third kappa shape index (κ3) is 5.78. The molecule has 5 heteroatoms. The lowest BCUT2D eigenvalue weighted by Crippen LogP contribution is -2.51. The number of carbonyl (C=O) groups excluding carboxylic acids is 1. The summed E-state index contributed by atoms with van der Waals surface area (Å²) < 4.78 is 0. The predicted octanol–water partition coefficient (Wildman–Crippen LogP) is 2.34. The molecule has 1 aliphatic heterocycles. The highest BCUT2D eigenvalue weighted by atomic mass is 16.2. The monoisotopic (exact) mass is 332 g/mol. The van der Waals surface area contributed by atoms with Gasteiger partial charge in [-0.2, -0.15) is 0 Å². The van der Waals surface area contributed by atoms with Crippen LogP contribution in [0.5, 0.6) is 0 Å². The summed E-state index contributed by atoms with van der Waals surface area (Å²) in [5, 5.41) is 0. The van der Waals surface area contributed by atoms with Crippen LogP contribution in [0.1, 0.15) is 27.7 Å². The zero-order valence-electron chi connectivity index (χ0n) is 15.6. The number of hydrogen-bond donors (Lipinski definition) is 0. The van der Waals surface area contributed by atoms with E-state index in [9.17, 15) is 4.79 Å². The largest absolute Gasteiger partial charge is 0.354 e. The maximum atomic E-state index is 12.7. The summed E-state index contributed by atoms with van der Waals surface area (Å²) >= 11 is 0. The first-order chi connectivity index (χ1) is 11.5. The molecule has 24 heavy (non-hydrogen) atoms. The molecular formula is C19H32N4O. The van der Waals surface area contributed by atoms with E-state index in [-0.39, 0.29) is 5.91 Å². The highest BCUT2D eigenvalue weighted by molar-refractivity contribution is 5.78. The van der Waals surface area contributed by atoms with Gasteiger partial charge in [0.15, 0.2) is 0 Å². The molecule has 134 valence electrons. The summed E-state index contributed by atoms with van der Waals surface area (Å²) in [7, 11) is 0. The number of anilines is 1. The van der Waals surface area contributed by atoms with Crippen molar-refractivity contribution >= 4 is 11.7 Å². The van der Waals surface area contributed by atoms with Crippen LogP contribution in [0.3, 0.4) is 0 Å². The molecular weight excluding hydrogens is 300 g/mol. The summed E-state index contributed by atoms with van der Waals surface area (Å²) in [4.78, 5) is 23.7. The van der Waals surface area contributed by atoms with Gasteiger partial charge in [-0.3, -0.25) is 9.69 Å². The van der Waals surface area contributed by atoms with Gasteiger partial charge < -0.3 is 9.80 Å². The van der Waals surface area contributed by atoms with Gasteiger partial charge in [-0.15, -0.1) is 0 Å². The van der Waals surface area contributed by atoms with Crippen molar-refractivity contribution in [1.29, 1.82) is 0 Å². The standard InChI is InChI=1S/C19H32N4O/c1-16(2)13-23(14-17(3)4)19(24)15-21-9-11-22(12-10-21)18-7-5-6-8-20-18/h5-8,16-17H,9-15H2,1-4H3. The third-order valence-electron chi connectivity index (χ3n) is 4.23. The lowest BCUT2D eigenvalue weighted by atomic mass is 10.1. The number of piperazine rings is 1. The maximum Gasteiger partial charge on any atom is 0.236 e. The number of carbonyl (C=O) groups is 1. The van der Waals surface area contributed by atoms with E-state index in [2.05, 4.69) is 42.5 Å². The summed E-state index contributed by atoms with van der Waals surface area (Å²) in [6, 6.07) is 6.01. The molecule has 2 heterocycles. The topological polar surface area (TPSA) is 39.7 Å². The van der Waals surface area contributed by atoms with E-state index in [4.69, 9.17) is 0 Å². The number of pyridine rings is 1. The molecule has 2 rings (SSSR count). The lowest BCUT2D eigenvalue weighted by Gasteiger charge is -2.36. The van der Waals surface area contributed by atoms with Crippen LogP contribution < -0.4 is 4.90 Å². The zero-order valence-corrected chi connectivity index (χ0v) is 15.6. The summed E-state index contributed by atoms with van der Waals surface area (Å²) in [5.41, 5.74) is 0. The van der Waals surface area contributed by atoms with Gasteiger partial charge in [0.05, 0.1) is 6.54 Å². The van der Waals surface area contributed by atoms with Crippen molar-refractivity contribution in [3.63, 3.8) is 0 Å². The van der Waals surface area contributed by atoms with Crippen LogP contribution >= 0.6 is 0 Å². The molecule has 0 aromatic carbocycles. The Morgan fingerprint density at radius 1 is 1.08 bits per heavy atom. The van der Waals surface area contributed by atoms with Crippen LogP contribution in [0.25, 0.3) is 0 Å². The van der Waals surface area contributed by atoms with Crippen molar-refractivity contribution in [2.24, 2.45) is 11.8 Å². The van der Waals surface area contributed by atoms with Crippen LogP contribution in [-0.4, -0.2) is 66.5 Å². The van der Waals surface area contributed by atoms with Crippen LogP contribution in [-0.2, 0) is 4.79 Å². The van der Waals surface area contributed by atoms with Gasteiger partial charge in [0.2, 0.25) is 5.91 Å². The first kappa shape index (κ1) is 18.7. The second-order valence-corrected chi connectivity index (χ2v) is 7.54. The molecule has 0 unspecified atom stereocenters. The second kappa shape index (κ2) is 9.02. The van der Waals surface area contributed by atoms with E-state index in [1.54, 1.807) is 0 Å². The van der Waals surface area contributed by atoms with Crippen LogP contribution in [0.4, 0.5) is 5.82 Å². The quantitative estimate of drug-likeness (QED) is 0.768. The fourth-order valence-electron chi connectivity index (χ4n) is 3.13. The molecule has 1 saturated heterocycles. The van der Waals surface area contributed by atoms with E-state index in [1.807, 2.05) is 29.3 Å². The molecule has 1 aromatic rings. The first-order valence-electron chi connectivity index (χ1n) is 9.11. The lowest BCUT2D eigenvalue weighted by molar-refractivity contribution is -0.133. The predicted molar refractivity (Wildman–Crippen MR) is 99.1 cm³/mol. The minimum atomic E-state index is 0.267. The molecule has 0 atom stereocenters. The number of nitrogens with zero attached hydrogens (tertiary/aromatic N) is 4. The summed E-state index contributed by atoms with van der Waals surface area (Å²) in [5.74, 6) is 2.32. The number of hydrogen-bond acceptors (Lipinski definition) is 4. The van der Waals surface area contributed by atoms with E-state index >= 15 is 0 Å². The van der Waals surface area contributed by atoms with Crippen molar-refractivity contribution in [3.05, 3.63) is 24.4 Å². The van der Waals surface area contributed by atoms with Gasteiger partial charge >= 0.3 is 0 Å². The minimum absolute atomic E-state index is 0.267. The van der Waals surface area contributed by atoms with Crippen molar-refractivity contribution in [2.75, 3.05) is 50.7 Å². The average molecular weight is 332 g/mol. The Morgan fingerprint density at radius 3 is 2.21 bits per heavy atom. The van der Waals surface area contributed by atoms with Crippen LogP contribution in [0.2, 0.25) is 0 Å². The Morgan fingerprint density at radius 2 is 1.71 bits per heavy atom. The average Bonchev–Trinajstić information content (AvgIpc) is 2.55. The molecule has 1 aliphatic rings. The zero-order chi connectivity index (χ0) is 17.5. The van der Waals surface area contributed by atoms with Crippen LogP contribution in [0.15, 0.2) is 24.4 Å². The smallest absolute Gasteiger partial charge is 0.236 e. The molecule has 1 aromatic heterocycles. The molecule has 0 spiro atoms. The summed E-state index contributed by atoms with van der Waals surface area (Å²) in [6.07, 6.45) is 1.83. The molecule has 0 bridgehead atoms. The van der Waals surface area contributed by atoms with Crippen molar-refractivity contribution in [1.82, 2.24) is 14.8 Å². The fraction of sp³-hybridized carbons (Fsp3) is 0.684. The fourth-order valence-corrected chi connectivity index (χ4v) is 3.13. The van der Waals surface area contributed by atoms with Gasteiger partial charge in [-0.1, -0.05) is 33.8 Å². The molecule has 0 N–H and O–H groups in total. The highest BCUT2D eigenvalue weighted by Crippen LogP contribution is 2.13. The van der Waals surface area contributed by atoms with E-state index in [0.29, 0.717) is 18.4 Å². The number of rotatable bonds is 7. The Kier molecular flexibility index (Phi) is 7.03. The molecule has 1 amide bonds. The molecule has 0 aliphatic carbocycles. The highest BCUT2D eigenvalue weighted by Gasteiger charge is 2.23. The Hall–Kier alpha value is -1.62. The maximum absolute atomic E-state index is 12.7. The number of amides is 1. The molecule has 0 saturated carbocycles. The number of aromatic nitrogens is 1. The van der Waals surface area contributed by atoms with Gasteiger partial charge in [0, 0.05) is 45.5 Å². The minimum Gasteiger partial charge on any atom is -0.354 e. The van der Waals surface area contributed by atoms with Gasteiger partial charge in [0.1, 0.15) is 5.82 Å². The Labute approximate surface area is 146 Å².